The fourth-order valence-electron chi connectivity index (χ4n) is 2.13. The molecule has 1 aromatic carbocycles. The van der Waals surface area contributed by atoms with Crippen molar-refractivity contribution in [1.82, 2.24) is 10.6 Å². The molecule has 0 saturated carbocycles. The molecule has 1 atom stereocenters. The molecule has 0 fully saturated rings. The van der Waals surface area contributed by atoms with E-state index in [0.29, 0.717) is 24.1 Å². The van der Waals surface area contributed by atoms with Crippen molar-refractivity contribution < 1.29 is 9.50 Å². The third-order valence-corrected chi connectivity index (χ3v) is 3.52. The lowest BCUT2D eigenvalue weighted by Crippen LogP contribution is -2.41. The Morgan fingerprint density at radius 2 is 1.96 bits per heavy atom. The summed E-state index contributed by atoms with van der Waals surface area (Å²) in [7, 11) is 1.73. The van der Waals surface area contributed by atoms with Crippen molar-refractivity contribution in [2.45, 2.75) is 52.8 Å². The number of hydrogen-bond donors (Lipinski definition) is 3. The van der Waals surface area contributed by atoms with Gasteiger partial charge in [-0.3, -0.25) is 4.99 Å². The maximum absolute atomic E-state index is 13.3. The molecule has 1 aromatic rings. The lowest BCUT2D eigenvalue weighted by Gasteiger charge is -2.19. The van der Waals surface area contributed by atoms with E-state index in [0.717, 1.165) is 17.9 Å². The van der Waals surface area contributed by atoms with Crippen LogP contribution in [0.1, 0.15) is 44.7 Å². The summed E-state index contributed by atoms with van der Waals surface area (Å²) in [6, 6.07) is 5.09. The molecule has 1 unspecified atom stereocenters. The first-order chi connectivity index (χ1) is 10.5. The molecule has 6 heteroatoms. The van der Waals surface area contributed by atoms with Crippen LogP contribution in [0.25, 0.3) is 0 Å². The standard InChI is InChI=1S/C17H28FN3O.HI/c1-12(2)5-6-13(3)21-17(19-4)20-10-14-7-8-16(18)15(9-14)11-22;/h7-9,12-13,22H,5-6,10-11H2,1-4H3,(H2,19,20,21);1H. The Labute approximate surface area is 156 Å². The van der Waals surface area contributed by atoms with Crippen LogP contribution in [0, 0.1) is 11.7 Å². The van der Waals surface area contributed by atoms with Gasteiger partial charge in [-0.25, -0.2) is 4.39 Å². The summed E-state index contributed by atoms with van der Waals surface area (Å²) in [5.74, 6) is 1.04. The monoisotopic (exact) mass is 437 g/mol. The van der Waals surface area contributed by atoms with Crippen molar-refractivity contribution in [1.29, 1.82) is 0 Å². The molecule has 0 heterocycles. The lowest BCUT2D eigenvalue weighted by molar-refractivity contribution is 0.275. The minimum Gasteiger partial charge on any atom is -0.392 e. The predicted octanol–water partition coefficient (Wildman–Crippen LogP) is 3.43. The summed E-state index contributed by atoms with van der Waals surface area (Å²) in [6.45, 7) is 6.81. The highest BCUT2D eigenvalue weighted by Crippen LogP contribution is 2.10. The molecule has 1 rings (SSSR count). The van der Waals surface area contributed by atoms with Crippen LogP contribution in [0.5, 0.6) is 0 Å². The molecule has 0 bridgehead atoms. The molecule has 0 radical (unpaired) electrons. The van der Waals surface area contributed by atoms with E-state index in [1.54, 1.807) is 19.2 Å². The van der Waals surface area contributed by atoms with Gasteiger partial charge in [-0.1, -0.05) is 19.9 Å². The van der Waals surface area contributed by atoms with Crippen LogP contribution < -0.4 is 10.6 Å². The molecular formula is C17H29FIN3O. The maximum Gasteiger partial charge on any atom is 0.191 e. The van der Waals surface area contributed by atoms with Crippen molar-refractivity contribution in [2.24, 2.45) is 10.9 Å². The average molecular weight is 437 g/mol. The number of benzene rings is 1. The Bertz CT molecular complexity index is 495. The van der Waals surface area contributed by atoms with E-state index in [-0.39, 0.29) is 36.4 Å². The van der Waals surface area contributed by atoms with Crippen molar-refractivity contribution in [2.75, 3.05) is 7.05 Å². The van der Waals surface area contributed by atoms with Gasteiger partial charge < -0.3 is 15.7 Å². The second-order valence-corrected chi connectivity index (χ2v) is 6.03. The Morgan fingerprint density at radius 1 is 1.26 bits per heavy atom. The number of halogens is 2. The van der Waals surface area contributed by atoms with Crippen LogP contribution in [0.4, 0.5) is 4.39 Å². The van der Waals surface area contributed by atoms with Gasteiger partial charge >= 0.3 is 0 Å². The Morgan fingerprint density at radius 3 is 2.52 bits per heavy atom. The van der Waals surface area contributed by atoms with Crippen LogP contribution in [0.3, 0.4) is 0 Å². The topological polar surface area (TPSA) is 56.7 Å². The smallest absolute Gasteiger partial charge is 0.191 e. The summed E-state index contributed by atoms with van der Waals surface area (Å²) >= 11 is 0. The number of aliphatic hydroxyl groups is 1. The Balaban J connectivity index is 0.00000484. The summed E-state index contributed by atoms with van der Waals surface area (Å²) < 4.78 is 13.3. The highest BCUT2D eigenvalue weighted by Gasteiger charge is 2.07. The first kappa shape index (κ1) is 22.1. The first-order valence-corrected chi connectivity index (χ1v) is 7.81. The van der Waals surface area contributed by atoms with E-state index < -0.39 is 0 Å². The fraction of sp³-hybridized carbons (Fsp3) is 0.588. The van der Waals surface area contributed by atoms with Gasteiger partial charge in [0.1, 0.15) is 5.82 Å². The van der Waals surface area contributed by atoms with E-state index in [9.17, 15) is 4.39 Å². The second kappa shape index (κ2) is 11.6. The molecule has 0 aliphatic carbocycles. The van der Waals surface area contributed by atoms with Gasteiger partial charge in [0.15, 0.2) is 5.96 Å². The van der Waals surface area contributed by atoms with Gasteiger partial charge in [0.05, 0.1) is 6.61 Å². The Hall–Kier alpha value is -0.890. The molecule has 0 aliphatic heterocycles. The molecule has 3 N–H and O–H groups in total. The van der Waals surface area contributed by atoms with Crippen molar-refractivity contribution >= 4 is 29.9 Å². The van der Waals surface area contributed by atoms with E-state index in [4.69, 9.17) is 5.11 Å². The molecule has 0 amide bonds. The third kappa shape index (κ3) is 8.50. The van der Waals surface area contributed by atoms with Crippen molar-refractivity contribution in [3.05, 3.63) is 35.1 Å². The zero-order valence-corrected chi connectivity index (χ0v) is 16.7. The molecule has 23 heavy (non-hydrogen) atoms. The molecule has 0 aromatic heterocycles. The zero-order valence-electron chi connectivity index (χ0n) is 14.4. The van der Waals surface area contributed by atoms with Gasteiger partial charge in [-0.15, -0.1) is 24.0 Å². The molecule has 4 nitrogen and oxygen atoms in total. The van der Waals surface area contributed by atoms with Gasteiger partial charge in [0.25, 0.3) is 0 Å². The average Bonchev–Trinajstić information content (AvgIpc) is 2.50. The number of aliphatic hydroxyl groups excluding tert-OH is 1. The van der Waals surface area contributed by atoms with E-state index in [1.165, 1.54) is 12.5 Å². The number of hydrogen-bond acceptors (Lipinski definition) is 2. The van der Waals surface area contributed by atoms with E-state index in [2.05, 4.69) is 36.4 Å². The molecule has 0 spiro atoms. The predicted molar refractivity (Wildman–Crippen MR) is 105 cm³/mol. The van der Waals surface area contributed by atoms with Crippen LogP contribution in [-0.2, 0) is 13.2 Å². The zero-order chi connectivity index (χ0) is 16.5. The summed E-state index contributed by atoms with van der Waals surface area (Å²) in [4.78, 5) is 4.20. The summed E-state index contributed by atoms with van der Waals surface area (Å²) in [5.41, 5.74) is 1.22. The normalized spacial score (nSPS) is 12.7. The number of nitrogens with one attached hydrogen (secondary N) is 2. The first-order valence-electron chi connectivity index (χ1n) is 7.81. The second-order valence-electron chi connectivity index (χ2n) is 6.03. The summed E-state index contributed by atoms with van der Waals surface area (Å²) in [5, 5.41) is 15.7. The van der Waals surface area contributed by atoms with Gasteiger partial charge in [-0.2, -0.15) is 0 Å². The van der Waals surface area contributed by atoms with Crippen LogP contribution in [0.15, 0.2) is 23.2 Å². The SMILES string of the molecule is CN=C(NCc1ccc(F)c(CO)c1)NC(C)CCC(C)C.I. The highest BCUT2D eigenvalue weighted by atomic mass is 127. The van der Waals surface area contributed by atoms with Gasteiger partial charge in [0.2, 0.25) is 0 Å². The molecule has 0 aliphatic rings. The summed E-state index contributed by atoms with van der Waals surface area (Å²) in [6.07, 6.45) is 2.26. The van der Waals surface area contributed by atoms with Crippen LogP contribution in [0.2, 0.25) is 0 Å². The Kier molecular flexibility index (Phi) is 11.2. The van der Waals surface area contributed by atoms with E-state index in [1.807, 2.05) is 0 Å². The van der Waals surface area contributed by atoms with Crippen molar-refractivity contribution in [3.63, 3.8) is 0 Å². The van der Waals surface area contributed by atoms with E-state index >= 15 is 0 Å². The van der Waals surface area contributed by atoms with Crippen LogP contribution >= 0.6 is 24.0 Å². The minimum absolute atomic E-state index is 0. The lowest BCUT2D eigenvalue weighted by atomic mass is 10.0. The quantitative estimate of drug-likeness (QED) is 0.348. The molecular weight excluding hydrogens is 408 g/mol. The number of rotatable bonds is 7. The third-order valence-electron chi connectivity index (χ3n) is 3.52. The van der Waals surface area contributed by atoms with Gasteiger partial charge in [-0.05, 0) is 43.4 Å². The number of guanidine groups is 1. The van der Waals surface area contributed by atoms with Crippen LogP contribution in [-0.4, -0.2) is 24.2 Å². The number of nitrogens with zero attached hydrogens (tertiary/aromatic N) is 1. The highest BCUT2D eigenvalue weighted by molar-refractivity contribution is 14.0. The number of aliphatic imine (C=N–C) groups is 1. The van der Waals surface area contributed by atoms with Crippen molar-refractivity contribution in [3.8, 4) is 0 Å². The maximum atomic E-state index is 13.3. The van der Waals surface area contributed by atoms with Gasteiger partial charge in [0, 0.05) is 25.2 Å². The molecule has 0 saturated heterocycles. The molecule has 132 valence electrons. The fourth-order valence-corrected chi connectivity index (χ4v) is 2.13. The largest absolute Gasteiger partial charge is 0.392 e. The minimum atomic E-state index is -0.379.